The van der Waals surface area contributed by atoms with Crippen LogP contribution in [0.4, 0.5) is 5.82 Å². The Morgan fingerprint density at radius 1 is 1.42 bits per heavy atom. The number of pyridine rings is 1. The van der Waals surface area contributed by atoms with Crippen molar-refractivity contribution in [1.82, 2.24) is 4.98 Å². The lowest BCUT2D eigenvalue weighted by molar-refractivity contribution is 0.619. The highest BCUT2D eigenvalue weighted by atomic mass is 15.3. The number of nitriles is 1. The number of hydrogen-bond donors (Lipinski definition) is 0. The largest absolute Gasteiger partial charge is 0.350 e. The smallest absolute Gasteiger partial charge is 0.147 e. The lowest BCUT2D eigenvalue weighted by atomic mass is 10.1. The zero-order valence-electron chi connectivity index (χ0n) is 11.8. The Hall–Kier alpha value is -1.56. The van der Waals surface area contributed by atoms with Gasteiger partial charge in [0.25, 0.3) is 0 Å². The molecule has 1 aliphatic carbocycles. The van der Waals surface area contributed by atoms with Crippen molar-refractivity contribution < 1.29 is 0 Å². The minimum absolute atomic E-state index is 0.504. The van der Waals surface area contributed by atoms with Gasteiger partial charge in [-0.05, 0) is 57.1 Å². The Bertz CT molecular complexity index is 530. The van der Waals surface area contributed by atoms with Gasteiger partial charge in [-0.2, -0.15) is 5.26 Å². The number of aryl methyl sites for hydroxylation is 2. The molecule has 2 unspecified atom stereocenters. The molecule has 3 rings (SSSR count). The molecule has 0 amide bonds. The van der Waals surface area contributed by atoms with Gasteiger partial charge in [-0.3, -0.25) is 0 Å². The van der Waals surface area contributed by atoms with E-state index in [1.54, 1.807) is 0 Å². The van der Waals surface area contributed by atoms with Crippen molar-refractivity contribution in [3.05, 3.63) is 22.9 Å². The highest BCUT2D eigenvalue weighted by Gasteiger charge is 2.32. The predicted octanol–water partition coefficient (Wildman–Crippen LogP) is 3.21. The molecular formula is C16H21N3. The summed E-state index contributed by atoms with van der Waals surface area (Å²) in [6.45, 7) is 4.49. The van der Waals surface area contributed by atoms with Crippen LogP contribution < -0.4 is 4.90 Å². The SMILES string of the molecule is CCC1CCC(C)N1c1nc2c(cc1C#N)CCC2. The maximum absolute atomic E-state index is 9.44. The summed E-state index contributed by atoms with van der Waals surface area (Å²) in [4.78, 5) is 7.26. The lowest BCUT2D eigenvalue weighted by Gasteiger charge is -2.30. The van der Waals surface area contributed by atoms with E-state index in [2.05, 4.69) is 30.9 Å². The summed E-state index contributed by atoms with van der Waals surface area (Å²) < 4.78 is 0. The van der Waals surface area contributed by atoms with Gasteiger partial charge in [0.15, 0.2) is 0 Å². The topological polar surface area (TPSA) is 39.9 Å². The number of nitrogens with zero attached hydrogens (tertiary/aromatic N) is 3. The average Bonchev–Trinajstić information content (AvgIpc) is 3.02. The van der Waals surface area contributed by atoms with Gasteiger partial charge in [-0.25, -0.2) is 4.98 Å². The molecule has 0 aromatic carbocycles. The van der Waals surface area contributed by atoms with Gasteiger partial charge in [0, 0.05) is 17.8 Å². The molecular weight excluding hydrogens is 234 g/mol. The van der Waals surface area contributed by atoms with E-state index in [9.17, 15) is 5.26 Å². The molecule has 0 spiro atoms. The van der Waals surface area contributed by atoms with Crippen molar-refractivity contribution in [2.24, 2.45) is 0 Å². The fourth-order valence-corrected chi connectivity index (χ4v) is 3.59. The Labute approximate surface area is 115 Å². The number of hydrogen-bond acceptors (Lipinski definition) is 3. The third-order valence-corrected chi connectivity index (χ3v) is 4.65. The molecule has 2 heterocycles. The van der Waals surface area contributed by atoms with Crippen LogP contribution in [0.5, 0.6) is 0 Å². The number of rotatable bonds is 2. The molecule has 0 radical (unpaired) electrons. The Balaban J connectivity index is 2.06. The van der Waals surface area contributed by atoms with Crippen molar-refractivity contribution in [1.29, 1.82) is 5.26 Å². The molecule has 1 fully saturated rings. The summed E-state index contributed by atoms with van der Waals surface area (Å²) in [7, 11) is 0. The average molecular weight is 255 g/mol. The fraction of sp³-hybridized carbons (Fsp3) is 0.625. The molecule has 1 aliphatic heterocycles. The Kier molecular flexibility index (Phi) is 3.18. The molecule has 2 aliphatic rings. The maximum atomic E-state index is 9.44. The second-order valence-electron chi connectivity index (χ2n) is 5.83. The first-order valence-corrected chi connectivity index (χ1v) is 7.45. The van der Waals surface area contributed by atoms with Crippen LogP contribution in [0.1, 0.15) is 56.4 Å². The van der Waals surface area contributed by atoms with Crippen LogP contribution in [0.3, 0.4) is 0 Å². The number of aromatic nitrogens is 1. The van der Waals surface area contributed by atoms with Gasteiger partial charge in [-0.1, -0.05) is 6.92 Å². The number of fused-ring (bicyclic) bond motifs is 1. The van der Waals surface area contributed by atoms with Crippen LogP contribution in [0.2, 0.25) is 0 Å². The molecule has 2 atom stereocenters. The van der Waals surface area contributed by atoms with Gasteiger partial charge in [0.2, 0.25) is 0 Å². The molecule has 19 heavy (non-hydrogen) atoms. The standard InChI is InChI=1S/C16H21N3/c1-3-14-8-7-11(2)19(14)16-13(10-17)9-12-5-4-6-15(12)18-16/h9,11,14H,3-8H2,1-2H3. The first-order chi connectivity index (χ1) is 9.24. The third kappa shape index (κ3) is 2.00. The zero-order chi connectivity index (χ0) is 13.4. The molecule has 0 N–H and O–H groups in total. The molecule has 0 bridgehead atoms. The Morgan fingerprint density at radius 3 is 3.00 bits per heavy atom. The first kappa shape index (κ1) is 12.5. The second kappa shape index (κ2) is 4.85. The van der Waals surface area contributed by atoms with Crippen LogP contribution in [0, 0.1) is 11.3 Å². The van der Waals surface area contributed by atoms with E-state index in [0.29, 0.717) is 12.1 Å². The van der Waals surface area contributed by atoms with Crippen molar-refractivity contribution in [2.45, 2.75) is 64.5 Å². The maximum Gasteiger partial charge on any atom is 0.147 e. The van der Waals surface area contributed by atoms with Gasteiger partial charge < -0.3 is 4.90 Å². The minimum Gasteiger partial charge on any atom is -0.350 e. The Morgan fingerprint density at radius 2 is 2.26 bits per heavy atom. The molecule has 100 valence electrons. The third-order valence-electron chi connectivity index (χ3n) is 4.65. The zero-order valence-corrected chi connectivity index (χ0v) is 11.8. The summed E-state index contributed by atoms with van der Waals surface area (Å²) in [5.74, 6) is 0.944. The van der Waals surface area contributed by atoms with Crippen molar-refractivity contribution >= 4 is 5.82 Å². The van der Waals surface area contributed by atoms with Crippen molar-refractivity contribution in [2.75, 3.05) is 4.90 Å². The quantitative estimate of drug-likeness (QED) is 0.814. The van der Waals surface area contributed by atoms with Gasteiger partial charge in [-0.15, -0.1) is 0 Å². The van der Waals surface area contributed by atoms with Crippen molar-refractivity contribution in [3.63, 3.8) is 0 Å². The normalized spacial score (nSPS) is 25.4. The summed E-state index contributed by atoms with van der Waals surface area (Å²) >= 11 is 0. The van der Waals surface area contributed by atoms with Crippen LogP contribution in [-0.4, -0.2) is 17.1 Å². The highest BCUT2D eigenvalue weighted by Crippen LogP contribution is 2.35. The van der Waals surface area contributed by atoms with Crippen LogP contribution in [0.15, 0.2) is 6.07 Å². The summed E-state index contributed by atoms with van der Waals surface area (Å²) in [6, 6.07) is 5.50. The first-order valence-electron chi connectivity index (χ1n) is 7.45. The van der Waals surface area contributed by atoms with Crippen molar-refractivity contribution in [3.8, 4) is 6.07 Å². The number of anilines is 1. The molecule has 3 heteroatoms. The second-order valence-corrected chi connectivity index (χ2v) is 5.83. The highest BCUT2D eigenvalue weighted by molar-refractivity contribution is 5.58. The lowest BCUT2D eigenvalue weighted by Crippen LogP contribution is -2.35. The van der Waals surface area contributed by atoms with E-state index in [1.807, 2.05) is 0 Å². The van der Waals surface area contributed by atoms with Gasteiger partial charge >= 0.3 is 0 Å². The van der Waals surface area contributed by atoms with Crippen LogP contribution in [0.25, 0.3) is 0 Å². The summed E-state index contributed by atoms with van der Waals surface area (Å²) in [5.41, 5.74) is 3.29. The predicted molar refractivity (Wildman–Crippen MR) is 76.2 cm³/mol. The molecule has 1 aromatic rings. The molecule has 1 aromatic heterocycles. The van der Waals surface area contributed by atoms with Crippen LogP contribution in [-0.2, 0) is 12.8 Å². The molecule has 0 saturated carbocycles. The monoisotopic (exact) mass is 255 g/mol. The summed E-state index contributed by atoms with van der Waals surface area (Å²) in [6.07, 6.45) is 6.91. The molecule has 1 saturated heterocycles. The molecule has 3 nitrogen and oxygen atoms in total. The van der Waals surface area contributed by atoms with E-state index >= 15 is 0 Å². The van der Waals surface area contributed by atoms with E-state index in [-0.39, 0.29) is 0 Å². The summed E-state index contributed by atoms with van der Waals surface area (Å²) in [5, 5.41) is 9.44. The van der Waals surface area contributed by atoms with E-state index < -0.39 is 0 Å². The van der Waals surface area contributed by atoms with E-state index in [0.717, 1.165) is 30.6 Å². The fourth-order valence-electron chi connectivity index (χ4n) is 3.59. The van der Waals surface area contributed by atoms with Gasteiger partial charge in [0.1, 0.15) is 11.9 Å². The van der Waals surface area contributed by atoms with E-state index in [4.69, 9.17) is 4.98 Å². The minimum atomic E-state index is 0.504. The van der Waals surface area contributed by atoms with E-state index in [1.165, 1.54) is 30.5 Å². The van der Waals surface area contributed by atoms with Crippen LogP contribution >= 0.6 is 0 Å². The van der Waals surface area contributed by atoms with Gasteiger partial charge in [0.05, 0.1) is 5.56 Å².